The van der Waals surface area contributed by atoms with Gasteiger partial charge in [0.15, 0.2) is 0 Å². The van der Waals surface area contributed by atoms with E-state index in [0.717, 1.165) is 5.56 Å². The molecule has 0 aliphatic rings. The van der Waals surface area contributed by atoms with Crippen LogP contribution in [-0.2, 0) is 9.59 Å². The zero-order valence-electron chi connectivity index (χ0n) is 11.8. The fraction of sp³-hybridized carbons (Fsp3) is 0.125. The number of aryl methyl sites for hydroxylation is 1. The summed E-state index contributed by atoms with van der Waals surface area (Å²) in [5.74, 6) is -0.847. The lowest BCUT2D eigenvalue weighted by molar-refractivity contribution is -0.123. The molecule has 0 atom stereocenters. The predicted molar refractivity (Wildman–Crippen MR) is 89.5 cm³/mol. The molecule has 0 aromatic heterocycles. The number of nitrogens with one attached hydrogen (secondary N) is 2. The SMILES string of the molecule is Cc1ccc(NC(=O)CC(=O)Nc2ccc(Cl)cc2Cl)cc1. The number of carbonyl (C=O) groups excluding carboxylic acids is 2. The van der Waals surface area contributed by atoms with Crippen molar-refractivity contribution in [2.24, 2.45) is 0 Å². The Morgan fingerprint density at radius 2 is 1.59 bits per heavy atom. The molecule has 0 saturated carbocycles. The Labute approximate surface area is 138 Å². The minimum absolute atomic E-state index is 0.299. The Bertz CT molecular complexity index is 700. The summed E-state index contributed by atoms with van der Waals surface area (Å²) < 4.78 is 0. The van der Waals surface area contributed by atoms with Crippen molar-refractivity contribution >= 4 is 46.4 Å². The molecule has 0 saturated heterocycles. The molecule has 114 valence electrons. The Morgan fingerprint density at radius 3 is 2.23 bits per heavy atom. The van der Waals surface area contributed by atoms with E-state index < -0.39 is 11.8 Å². The molecule has 2 rings (SSSR count). The summed E-state index contributed by atoms with van der Waals surface area (Å²) in [5.41, 5.74) is 2.15. The zero-order chi connectivity index (χ0) is 16.1. The van der Waals surface area contributed by atoms with Crippen LogP contribution in [0, 0.1) is 6.92 Å². The third-order valence-electron chi connectivity index (χ3n) is 2.86. The number of hydrogen-bond acceptors (Lipinski definition) is 2. The van der Waals surface area contributed by atoms with Gasteiger partial charge in [-0.1, -0.05) is 40.9 Å². The molecule has 0 spiro atoms. The van der Waals surface area contributed by atoms with E-state index in [2.05, 4.69) is 10.6 Å². The average molecular weight is 337 g/mol. The summed E-state index contributed by atoms with van der Waals surface area (Å²) in [7, 11) is 0. The van der Waals surface area contributed by atoms with Crippen LogP contribution in [0.2, 0.25) is 10.0 Å². The topological polar surface area (TPSA) is 58.2 Å². The lowest BCUT2D eigenvalue weighted by atomic mass is 10.2. The van der Waals surface area contributed by atoms with Crippen molar-refractivity contribution in [3.63, 3.8) is 0 Å². The molecule has 2 N–H and O–H groups in total. The number of hydrogen-bond donors (Lipinski definition) is 2. The maximum Gasteiger partial charge on any atom is 0.233 e. The van der Waals surface area contributed by atoms with Crippen LogP contribution >= 0.6 is 23.2 Å². The Hall–Kier alpha value is -2.04. The van der Waals surface area contributed by atoms with Gasteiger partial charge in [0, 0.05) is 10.7 Å². The minimum Gasteiger partial charge on any atom is -0.326 e. The van der Waals surface area contributed by atoms with Gasteiger partial charge in [0.05, 0.1) is 10.7 Å². The van der Waals surface area contributed by atoms with E-state index in [1.807, 2.05) is 19.1 Å². The standard InChI is InChI=1S/C16H14Cl2N2O2/c1-10-2-5-12(6-3-10)19-15(21)9-16(22)20-14-7-4-11(17)8-13(14)18/h2-8H,9H2,1H3,(H,19,21)(H,20,22). The summed E-state index contributed by atoms with van der Waals surface area (Å²) >= 11 is 11.7. The number of benzene rings is 2. The second-order valence-corrected chi connectivity index (χ2v) is 5.61. The third kappa shape index (κ3) is 4.76. The molecule has 2 amide bonds. The van der Waals surface area contributed by atoms with Gasteiger partial charge in [0.2, 0.25) is 11.8 Å². The van der Waals surface area contributed by atoms with E-state index in [0.29, 0.717) is 21.4 Å². The number of halogens is 2. The molecule has 0 aliphatic carbocycles. The van der Waals surface area contributed by atoms with Crippen LogP contribution in [0.1, 0.15) is 12.0 Å². The van der Waals surface area contributed by atoms with Crippen LogP contribution < -0.4 is 10.6 Å². The second kappa shape index (κ2) is 7.29. The second-order valence-electron chi connectivity index (χ2n) is 4.76. The van der Waals surface area contributed by atoms with E-state index >= 15 is 0 Å². The number of carbonyl (C=O) groups is 2. The molecule has 2 aromatic carbocycles. The minimum atomic E-state index is -0.450. The molecule has 0 fully saturated rings. The van der Waals surface area contributed by atoms with Crippen LogP contribution in [-0.4, -0.2) is 11.8 Å². The summed E-state index contributed by atoms with van der Waals surface area (Å²) in [6.07, 6.45) is -0.299. The zero-order valence-corrected chi connectivity index (χ0v) is 13.3. The van der Waals surface area contributed by atoms with E-state index in [9.17, 15) is 9.59 Å². The van der Waals surface area contributed by atoms with Crippen molar-refractivity contribution in [2.75, 3.05) is 10.6 Å². The van der Waals surface area contributed by atoms with Crippen molar-refractivity contribution in [1.29, 1.82) is 0 Å². The molecule has 2 aromatic rings. The largest absolute Gasteiger partial charge is 0.326 e. The smallest absolute Gasteiger partial charge is 0.233 e. The Morgan fingerprint density at radius 1 is 0.955 bits per heavy atom. The van der Waals surface area contributed by atoms with E-state index in [1.165, 1.54) is 6.07 Å². The average Bonchev–Trinajstić information content (AvgIpc) is 2.44. The van der Waals surface area contributed by atoms with Crippen LogP contribution in [0.25, 0.3) is 0 Å². The number of anilines is 2. The molecule has 0 heterocycles. The highest BCUT2D eigenvalue weighted by Gasteiger charge is 2.11. The van der Waals surface area contributed by atoms with E-state index in [4.69, 9.17) is 23.2 Å². The van der Waals surface area contributed by atoms with Crippen LogP contribution in [0.15, 0.2) is 42.5 Å². The fourth-order valence-corrected chi connectivity index (χ4v) is 2.23. The van der Waals surface area contributed by atoms with Gasteiger partial charge in [-0.25, -0.2) is 0 Å². The van der Waals surface area contributed by atoms with Gasteiger partial charge >= 0.3 is 0 Å². The first-order valence-corrected chi connectivity index (χ1v) is 7.31. The maximum atomic E-state index is 11.8. The summed E-state index contributed by atoms with van der Waals surface area (Å²) in [6, 6.07) is 12.0. The van der Waals surface area contributed by atoms with E-state index in [1.54, 1.807) is 24.3 Å². The van der Waals surface area contributed by atoms with Crippen LogP contribution in [0.3, 0.4) is 0 Å². The van der Waals surface area contributed by atoms with Gasteiger partial charge < -0.3 is 10.6 Å². The van der Waals surface area contributed by atoms with Gasteiger partial charge in [-0.05, 0) is 37.3 Å². The molecule has 6 heteroatoms. The molecule has 0 radical (unpaired) electrons. The van der Waals surface area contributed by atoms with E-state index in [-0.39, 0.29) is 6.42 Å². The molecule has 0 unspecified atom stereocenters. The van der Waals surface area contributed by atoms with Crippen LogP contribution in [0.5, 0.6) is 0 Å². The summed E-state index contributed by atoms with van der Waals surface area (Å²) in [4.78, 5) is 23.7. The van der Waals surface area contributed by atoms with Crippen molar-refractivity contribution in [3.8, 4) is 0 Å². The normalized spacial score (nSPS) is 10.1. The van der Waals surface area contributed by atoms with Crippen molar-refractivity contribution < 1.29 is 9.59 Å². The molecule has 0 aliphatic heterocycles. The first kappa shape index (κ1) is 16.3. The Kier molecular flexibility index (Phi) is 5.41. The predicted octanol–water partition coefficient (Wildman–Crippen LogP) is 4.27. The van der Waals surface area contributed by atoms with Crippen molar-refractivity contribution in [2.45, 2.75) is 13.3 Å². The Balaban J connectivity index is 1.91. The summed E-state index contributed by atoms with van der Waals surface area (Å²) in [5, 5.41) is 6.02. The van der Waals surface area contributed by atoms with Gasteiger partial charge in [-0.2, -0.15) is 0 Å². The highest BCUT2D eigenvalue weighted by Crippen LogP contribution is 2.25. The number of rotatable bonds is 4. The highest BCUT2D eigenvalue weighted by atomic mass is 35.5. The first-order valence-electron chi connectivity index (χ1n) is 6.55. The highest BCUT2D eigenvalue weighted by molar-refractivity contribution is 6.36. The van der Waals surface area contributed by atoms with Crippen molar-refractivity contribution in [1.82, 2.24) is 0 Å². The maximum absolute atomic E-state index is 11.8. The molecular weight excluding hydrogens is 323 g/mol. The van der Waals surface area contributed by atoms with Crippen molar-refractivity contribution in [3.05, 3.63) is 58.1 Å². The fourth-order valence-electron chi connectivity index (χ4n) is 1.77. The number of amides is 2. The lowest BCUT2D eigenvalue weighted by Gasteiger charge is -2.08. The molecule has 0 bridgehead atoms. The van der Waals surface area contributed by atoms with Gasteiger partial charge in [-0.15, -0.1) is 0 Å². The quantitative estimate of drug-likeness (QED) is 0.819. The molecule has 22 heavy (non-hydrogen) atoms. The molecular formula is C16H14Cl2N2O2. The van der Waals surface area contributed by atoms with Gasteiger partial charge in [0.25, 0.3) is 0 Å². The lowest BCUT2D eigenvalue weighted by Crippen LogP contribution is -2.21. The molecule has 4 nitrogen and oxygen atoms in total. The monoisotopic (exact) mass is 336 g/mol. The summed E-state index contributed by atoms with van der Waals surface area (Å²) in [6.45, 7) is 1.95. The van der Waals surface area contributed by atoms with Gasteiger partial charge in [-0.3, -0.25) is 9.59 Å². The van der Waals surface area contributed by atoms with Gasteiger partial charge in [0.1, 0.15) is 6.42 Å². The first-order chi connectivity index (χ1) is 10.4. The van der Waals surface area contributed by atoms with Crippen LogP contribution in [0.4, 0.5) is 11.4 Å². The third-order valence-corrected chi connectivity index (χ3v) is 3.41.